The molecule has 7 nitrogen and oxygen atoms in total. The van der Waals surface area contributed by atoms with Gasteiger partial charge in [-0.3, -0.25) is 9.71 Å². The summed E-state index contributed by atoms with van der Waals surface area (Å²) in [5, 5.41) is 4.66. The number of rotatable bonds is 5. The summed E-state index contributed by atoms with van der Waals surface area (Å²) in [5.74, 6) is 0. The molecule has 0 bridgehead atoms. The zero-order valence-electron chi connectivity index (χ0n) is 22.8. The molecule has 0 spiro atoms. The number of allylic oxidation sites excluding steroid dienone is 1. The monoisotopic (exact) mass is 581 g/mol. The molecule has 0 radical (unpaired) electrons. The van der Waals surface area contributed by atoms with E-state index >= 15 is 0 Å². The quantitative estimate of drug-likeness (QED) is 0.346. The van der Waals surface area contributed by atoms with Crippen molar-refractivity contribution in [2.45, 2.75) is 45.3 Å². The third-order valence-corrected chi connectivity index (χ3v) is 8.77. The fraction of sp³-hybridized carbons (Fsp3) is 0.310. The number of sulfonamides is 1. The Kier molecular flexibility index (Phi) is 6.89. The van der Waals surface area contributed by atoms with Gasteiger partial charge in [0.15, 0.2) is 5.11 Å². The fourth-order valence-corrected chi connectivity index (χ4v) is 6.72. The van der Waals surface area contributed by atoms with Crippen LogP contribution >= 0.6 is 23.8 Å². The molecule has 204 valence electrons. The van der Waals surface area contributed by atoms with Crippen LogP contribution in [0.15, 0.2) is 60.8 Å². The van der Waals surface area contributed by atoms with Crippen molar-refractivity contribution in [3.05, 3.63) is 88.2 Å². The van der Waals surface area contributed by atoms with Gasteiger partial charge in [0, 0.05) is 35.2 Å². The first-order valence-corrected chi connectivity index (χ1v) is 15.3. The zero-order chi connectivity index (χ0) is 28.3. The van der Waals surface area contributed by atoms with Crippen molar-refractivity contribution in [3.63, 3.8) is 0 Å². The lowest BCUT2D eigenvalue weighted by Gasteiger charge is -2.41. The number of benzene rings is 2. The van der Waals surface area contributed by atoms with Crippen molar-refractivity contribution in [2.75, 3.05) is 27.8 Å². The Morgan fingerprint density at radius 2 is 1.87 bits per heavy atom. The van der Waals surface area contributed by atoms with E-state index in [1.54, 1.807) is 12.3 Å². The molecule has 0 amide bonds. The van der Waals surface area contributed by atoms with Crippen molar-refractivity contribution >= 4 is 61.6 Å². The van der Waals surface area contributed by atoms with Gasteiger partial charge in [0.25, 0.3) is 0 Å². The maximum atomic E-state index is 11.8. The molecule has 5 rings (SSSR count). The Labute approximate surface area is 240 Å². The van der Waals surface area contributed by atoms with Gasteiger partial charge in [0.1, 0.15) is 0 Å². The highest BCUT2D eigenvalue weighted by atomic mass is 35.5. The van der Waals surface area contributed by atoms with Crippen LogP contribution in [0.4, 0.5) is 17.1 Å². The average molecular weight is 582 g/mol. The second-order valence-corrected chi connectivity index (χ2v) is 13.3. The summed E-state index contributed by atoms with van der Waals surface area (Å²) >= 11 is 13.0. The van der Waals surface area contributed by atoms with Gasteiger partial charge in [-0.1, -0.05) is 23.7 Å². The van der Waals surface area contributed by atoms with Gasteiger partial charge in [-0.25, -0.2) is 8.42 Å². The molecule has 1 aromatic heterocycles. The number of fused-ring (bicyclic) bond motifs is 1. The molecular weight excluding hydrogens is 550 g/mol. The maximum Gasteiger partial charge on any atom is 0.229 e. The topological polar surface area (TPSA) is 77.6 Å². The summed E-state index contributed by atoms with van der Waals surface area (Å²) in [4.78, 5) is 8.94. The number of halogens is 1. The number of thiocarbonyl (C=S) groups is 1. The number of aryl methyl sites for hydroxylation is 1. The highest BCUT2D eigenvalue weighted by molar-refractivity contribution is 7.92. The minimum absolute atomic E-state index is 0.139. The van der Waals surface area contributed by atoms with Crippen LogP contribution in [0.5, 0.6) is 0 Å². The molecule has 2 atom stereocenters. The molecule has 0 unspecified atom stereocenters. The first-order chi connectivity index (χ1) is 18.3. The number of nitrogens with zero attached hydrogens (tertiary/aromatic N) is 3. The number of likely N-dealkylation sites (N-methyl/N-ethyl adjacent to an activating group) is 1. The molecule has 10 heteroatoms. The minimum atomic E-state index is -3.41. The number of hydrogen-bond acceptors (Lipinski definition) is 5. The summed E-state index contributed by atoms with van der Waals surface area (Å²) < 4.78 is 26.3. The third-order valence-electron chi connectivity index (χ3n) is 7.54. The van der Waals surface area contributed by atoms with Crippen molar-refractivity contribution in [2.24, 2.45) is 0 Å². The Morgan fingerprint density at radius 1 is 1.13 bits per heavy atom. The molecule has 1 saturated heterocycles. The smallest absolute Gasteiger partial charge is 0.229 e. The SMILES string of the molecule is CC1=CC(C)(C)N(C)c2cc(Cl)c([C@H]3[C@H](c4ccccn4)NC(=S)N3c3ccc(NS(C)(=O)=O)c(C)c3)cc21. The van der Waals surface area contributed by atoms with Crippen LogP contribution in [0.2, 0.25) is 5.02 Å². The van der Waals surface area contributed by atoms with E-state index in [9.17, 15) is 8.42 Å². The molecule has 3 heterocycles. The number of hydrogen-bond donors (Lipinski definition) is 2. The lowest BCUT2D eigenvalue weighted by molar-refractivity contribution is 0.567. The summed E-state index contributed by atoms with van der Waals surface area (Å²) in [6, 6.07) is 15.1. The van der Waals surface area contributed by atoms with Crippen molar-refractivity contribution in [1.29, 1.82) is 0 Å². The lowest BCUT2D eigenvalue weighted by Crippen LogP contribution is -2.42. The molecule has 2 aromatic carbocycles. The summed E-state index contributed by atoms with van der Waals surface area (Å²) in [7, 11) is -1.32. The molecule has 39 heavy (non-hydrogen) atoms. The van der Waals surface area contributed by atoms with Gasteiger partial charge >= 0.3 is 0 Å². The fourth-order valence-electron chi connectivity index (χ4n) is 5.48. The first kappa shape index (κ1) is 27.4. The van der Waals surface area contributed by atoms with Crippen molar-refractivity contribution < 1.29 is 8.42 Å². The number of aromatic nitrogens is 1. The van der Waals surface area contributed by atoms with E-state index in [1.165, 1.54) is 5.57 Å². The van der Waals surface area contributed by atoms with Crippen LogP contribution in [0.3, 0.4) is 0 Å². The molecule has 2 N–H and O–H groups in total. The van der Waals surface area contributed by atoms with E-state index in [0.717, 1.165) is 40.0 Å². The molecule has 2 aliphatic rings. The number of anilines is 3. The van der Waals surface area contributed by atoms with Crippen LogP contribution < -0.4 is 19.8 Å². The molecule has 0 saturated carbocycles. The summed E-state index contributed by atoms with van der Waals surface area (Å²) in [6.45, 7) is 8.37. The second-order valence-electron chi connectivity index (χ2n) is 10.8. The Morgan fingerprint density at radius 3 is 2.51 bits per heavy atom. The maximum absolute atomic E-state index is 11.8. The predicted molar refractivity (Wildman–Crippen MR) is 165 cm³/mol. The molecule has 0 aliphatic carbocycles. The van der Waals surface area contributed by atoms with Gasteiger partial charge in [0.2, 0.25) is 10.0 Å². The van der Waals surface area contributed by atoms with Crippen LogP contribution in [-0.4, -0.2) is 37.4 Å². The van der Waals surface area contributed by atoms with Crippen molar-refractivity contribution in [1.82, 2.24) is 10.3 Å². The van der Waals surface area contributed by atoms with Crippen LogP contribution in [0.1, 0.15) is 55.2 Å². The molecular formula is C29H32ClN5O2S2. The first-order valence-electron chi connectivity index (χ1n) is 12.6. The van der Waals surface area contributed by atoms with E-state index in [2.05, 4.69) is 64.8 Å². The van der Waals surface area contributed by atoms with E-state index < -0.39 is 10.0 Å². The van der Waals surface area contributed by atoms with E-state index in [4.69, 9.17) is 23.8 Å². The highest BCUT2D eigenvalue weighted by Crippen LogP contribution is 2.48. The summed E-state index contributed by atoms with van der Waals surface area (Å²) in [6.07, 6.45) is 5.18. The summed E-state index contributed by atoms with van der Waals surface area (Å²) in [5.41, 5.74) is 7.15. The van der Waals surface area contributed by atoms with Gasteiger partial charge in [-0.05, 0) is 99.1 Å². The van der Waals surface area contributed by atoms with E-state index in [0.29, 0.717) is 15.8 Å². The zero-order valence-corrected chi connectivity index (χ0v) is 25.2. The highest BCUT2D eigenvalue weighted by Gasteiger charge is 2.42. The lowest BCUT2D eigenvalue weighted by atomic mass is 9.86. The average Bonchev–Trinajstić information content (AvgIpc) is 3.20. The van der Waals surface area contributed by atoms with Crippen molar-refractivity contribution in [3.8, 4) is 0 Å². The van der Waals surface area contributed by atoms with Crippen LogP contribution in [0, 0.1) is 6.92 Å². The van der Waals surface area contributed by atoms with Crippen LogP contribution in [-0.2, 0) is 10.0 Å². The molecule has 1 fully saturated rings. The van der Waals surface area contributed by atoms with Gasteiger partial charge in [0.05, 0.1) is 35.3 Å². The Bertz CT molecular complexity index is 1610. The largest absolute Gasteiger partial charge is 0.365 e. The minimum Gasteiger partial charge on any atom is -0.365 e. The standard InChI is InChI=1S/C29H32ClN5O2S2/c1-17-13-19(10-11-23(17)33-39(6,36)37)35-27(26(32-28(35)38)24-9-7-8-12-31-24)21-14-20-18(2)16-29(3,4)34(5)25(20)15-22(21)30/h7-16,26-27,33H,1-6H3,(H,32,38)/t26-,27-/m0/s1. The van der Waals surface area contributed by atoms with Gasteiger partial charge in [-0.2, -0.15) is 0 Å². The van der Waals surface area contributed by atoms with Gasteiger partial charge < -0.3 is 15.1 Å². The normalized spacial score (nSPS) is 20.4. The van der Waals surface area contributed by atoms with Gasteiger partial charge in [-0.15, -0.1) is 0 Å². The van der Waals surface area contributed by atoms with Crippen LogP contribution in [0.25, 0.3) is 5.57 Å². The Balaban J connectivity index is 1.67. The second kappa shape index (κ2) is 9.80. The van der Waals surface area contributed by atoms with E-state index in [-0.39, 0.29) is 17.6 Å². The van der Waals surface area contributed by atoms with E-state index in [1.807, 2.05) is 43.3 Å². The molecule has 3 aromatic rings. The third kappa shape index (κ3) is 5.11. The predicted octanol–water partition coefficient (Wildman–Crippen LogP) is 6.22. The number of pyridine rings is 1. The molecule has 2 aliphatic heterocycles. The Hall–Kier alpha value is -3.14. The number of nitrogens with one attached hydrogen (secondary N) is 2.